The number of rotatable bonds is 7. The van der Waals surface area contributed by atoms with Crippen LogP contribution in [0.2, 0.25) is 0 Å². The van der Waals surface area contributed by atoms with Gasteiger partial charge in [0.05, 0.1) is 18.7 Å². The Labute approximate surface area is 176 Å². The van der Waals surface area contributed by atoms with Crippen molar-refractivity contribution in [1.82, 2.24) is 20.1 Å². The molecule has 1 aromatic heterocycles. The lowest BCUT2D eigenvalue weighted by Crippen LogP contribution is -2.30. The number of ether oxygens (including phenoxy) is 1. The van der Waals surface area contributed by atoms with Crippen molar-refractivity contribution in [1.29, 1.82) is 0 Å². The Balaban J connectivity index is 0.00000196. The van der Waals surface area contributed by atoms with Crippen LogP contribution in [0.15, 0.2) is 18.2 Å². The summed E-state index contributed by atoms with van der Waals surface area (Å²) >= 11 is 0. The van der Waals surface area contributed by atoms with E-state index < -0.39 is 0 Å². The number of carbonyl (C=O) groups is 1. The molecule has 156 valence electrons. The first-order valence-electron chi connectivity index (χ1n) is 8.90. The third-order valence-corrected chi connectivity index (χ3v) is 4.37. The summed E-state index contributed by atoms with van der Waals surface area (Å²) in [5.41, 5.74) is 0.890. The van der Waals surface area contributed by atoms with Crippen LogP contribution in [0.25, 0.3) is 11.4 Å². The molecular weight excluding hydrogens is 408 g/mol. The van der Waals surface area contributed by atoms with Gasteiger partial charge in [-0.2, -0.15) is 0 Å². The second-order valence-corrected chi connectivity index (χ2v) is 6.31. The van der Waals surface area contributed by atoms with Gasteiger partial charge in [0.25, 0.3) is 0 Å². The third-order valence-electron chi connectivity index (χ3n) is 4.37. The van der Waals surface area contributed by atoms with Crippen LogP contribution in [0.1, 0.15) is 25.1 Å². The molecule has 0 fully saturated rings. The predicted molar refractivity (Wildman–Crippen MR) is 111 cm³/mol. The minimum Gasteiger partial charge on any atom is -0.383 e. The summed E-state index contributed by atoms with van der Waals surface area (Å²) in [6.07, 6.45) is 4.10. The van der Waals surface area contributed by atoms with Gasteiger partial charge in [0.2, 0.25) is 5.91 Å². The van der Waals surface area contributed by atoms with Gasteiger partial charge in [0, 0.05) is 32.3 Å². The molecule has 28 heavy (non-hydrogen) atoms. The fourth-order valence-electron chi connectivity index (χ4n) is 3.04. The zero-order chi connectivity index (χ0) is 18.4. The summed E-state index contributed by atoms with van der Waals surface area (Å²) in [5, 5.41) is 14.2. The molecule has 2 heterocycles. The van der Waals surface area contributed by atoms with E-state index in [1.807, 2.05) is 4.57 Å². The molecular formula is C18H26Cl2FN5O2. The van der Waals surface area contributed by atoms with Gasteiger partial charge in [-0.1, -0.05) is 6.42 Å². The standard InChI is InChI=1S/C18H24FN5O2.2ClH/c1-26-10-8-20-12-17(25)21-13-6-7-15(19)14(11-13)18-23-22-16-5-3-2-4-9-24(16)18;;/h6-7,11,20H,2-5,8-10,12H2,1H3,(H,21,25);2*1H. The number of hydrogen-bond donors (Lipinski definition) is 2. The molecule has 2 aromatic rings. The van der Waals surface area contributed by atoms with Crippen molar-refractivity contribution in [3.05, 3.63) is 29.8 Å². The van der Waals surface area contributed by atoms with Crippen molar-refractivity contribution < 1.29 is 13.9 Å². The van der Waals surface area contributed by atoms with Crippen LogP contribution in [0.4, 0.5) is 10.1 Å². The number of benzene rings is 1. The van der Waals surface area contributed by atoms with Crippen LogP contribution in [0, 0.1) is 5.82 Å². The van der Waals surface area contributed by atoms with Gasteiger partial charge in [-0.25, -0.2) is 4.39 Å². The van der Waals surface area contributed by atoms with Gasteiger partial charge >= 0.3 is 0 Å². The van der Waals surface area contributed by atoms with E-state index in [1.54, 1.807) is 19.2 Å². The van der Waals surface area contributed by atoms with E-state index in [0.29, 0.717) is 30.2 Å². The number of carbonyl (C=O) groups excluding carboxylic acids is 1. The molecule has 10 heteroatoms. The lowest BCUT2D eigenvalue weighted by Gasteiger charge is -2.11. The number of nitrogens with zero attached hydrogens (tertiary/aromatic N) is 3. The lowest BCUT2D eigenvalue weighted by molar-refractivity contribution is -0.115. The molecule has 1 amide bonds. The van der Waals surface area contributed by atoms with E-state index in [4.69, 9.17) is 4.74 Å². The molecule has 0 saturated carbocycles. The van der Waals surface area contributed by atoms with Gasteiger partial charge in [-0.15, -0.1) is 35.0 Å². The number of methoxy groups -OCH3 is 1. The monoisotopic (exact) mass is 433 g/mol. The maximum atomic E-state index is 14.4. The number of aromatic nitrogens is 3. The molecule has 1 aliphatic rings. The van der Waals surface area contributed by atoms with Crippen molar-refractivity contribution in [2.75, 3.05) is 32.1 Å². The highest BCUT2D eigenvalue weighted by Gasteiger charge is 2.19. The molecule has 0 radical (unpaired) electrons. The molecule has 3 rings (SSSR count). The number of anilines is 1. The normalized spacial score (nSPS) is 12.9. The highest BCUT2D eigenvalue weighted by atomic mass is 35.5. The smallest absolute Gasteiger partial charge is 0.238 e. The minimum absolute atomic E-state index is 0. The van der Waals surface area contributed by atoms with Crippen LogP contribution in [0.3, 0.4) is 0 Å². The van der Waals surface area contributed by atoms with Gasteiger partial charge in [-0.3, -0.25) is 4.79 Å². The van der Waals surface area contributed by atoms with Crippen LogP contribution in [0.5, 0.6) is 0 Å². The average molecular weight is 434 g/mol. The maximum absolute atomic E-state index is 14.4. The Hall–Kier alpha value is -1.74. The van der Waals surface area contributed by atoms with Gasteiger partial charge < -0.3 is 19.9 Å². The van der Waals surface area contributed by atoms with E-state index in [9.17, 15) is 9.18 Å². The zero-order valence-corrected chi connectivity index (χ0v) is 17.4. The van der Waals surface area contributed by atoms with E-state index >= 15 is 0 Å². The molecule has 0 bridgehead atoms. The molecule has 7 nitrogen and oxygen atoms in total. The van der Waals surface area contributed by atoms with Crippen molar-refractivity contribution in [2.24, 2.45) is 0 Å². The summed E-state index contributed by atoms with van der Waals surface area (Å²) in [6, 6.07) is 4.51. The molecule has 0 aliphatic carbocycles. The van der Waals surface area contributed by atoms with Crippen molar-refractivity contribution >= 4 is 36.4 Å². The number of fused-ring (bicyclic) bond motifs is 1. The Morgan fingerprint density at radius 2 is 2.07 bits per heavy atom. The van der Waals surface area contributed by atoms with Crippen molar-refractivity contribution in [2.45, 2.75) is 32.2 Å². The predicted octanol–water partition coefficient (Wildman–Crippen LogP) is 2.83. The second-order valence-electron chi connectivity index (χ2n) is 6.31. The quantitative estimate of drug-likeness (QED) is 0.656. The first-order valence-corrected chi connectivity index (χ1v) is 8.90. The Morgan fingerprint density at radius 3 is 2.86 bits per heavy atom. The minimum atomic E-state index is -0.374. The van der Waals surface area contributed by atoms with Gasteiger partial charge in [0.15, 0.2) is 5.82 Å². The molecule has 2 N–H and O–H groups in total. The van der Waals surface area contributed by atoms with Crippen molar-refractivity contribution in [3.8, 4) is 11.4 Å². The van der Waals surface area contributed by atoms with Gasteiger partial charge in [-0.05, 0) is 31.0 Å². The zero-order valence-electron chi connectivity index (χ0n) is 15.7. The van der Waals surface area contributed by atoms with E-state index in [0.717, 1.165) is 38.1 Å². The Kier molecular flexibility index (Phi) is 10.4. The summed E-state index contributed by atoms with van der Waals surface area (Å²) in [6.45, 7) is 2.07. The number of amides is 1. The largest absolute Gasteiger partial charge is 0.383 e. The first kappa shape index (κ1) is 24.3. The fourth-order valence-corrected chi connectivity index (χ4v) is 3.04. The first-order chi connectivity index (χ1) is 12.7. The highest BCUT2D eigenvalue weighted by Crippen LogP contribution is 2.27. The average Bonchev–Trinajstić information content (AvgIpc) is 2.88. The lowest BCUT2D eigenvalue weighted by atomic mass is 10.1. The highest BCUT2D eigenvalue weighted by molar-refractivity contribution is 5.92. The number of nitrogens with one attached hydrogen (secondary N) is 2. The fraction of sp³-hybridized carbons (Fsp3) is 0.500. The van der Waals surface area contributed by atoms with E-state index in [-0.39, 0.29) is 43.1 Å². The van der Waals surface area contributed by atoms with Crippen LogP contribution < -0.4 is 10.6 Å². The molecule has 1 aromatic carbocycles. The van der Waals surface area contributed by atoms with Crippen molar-refractivity contribution in [3.63, 3.8) is 0 Å². The Bertz CT molecular complexity index is 772. The summed E-state index contributed by atoms with van der Waals surface area (Å²) in [7, 11) is 1.60. The third kappa shape index (κ3) is 6.13. The van der Waals surface area contributed by atoms with E-state index in [2.05, 4.69) is 20.8 Å². The number of hydrogen-bond acceptors (Lipinski definition) is 5. The Morgan fingerprint density at radius 1 is 1.25 bits per heavy atom. The molecule has 0 saturated heterocycles. The number of aryl methyl sites for hydroxylation is 1. The molecule has 1 aliphatic heterocycles. The molecule has 0 atom stereocenters. The molecule has 0 unspecified atom stereocenters. The second kappa shape index (κ2) is 12.0. The maximum Gasteiger partial charge on any atom is 0.238 e. The summed E-state index contributed by atoms with van der Waals surface area (Å²) < 4.78 is 21.3. The topological polar surface area (TPSA) is 81.1 Å². The van der Waals surface area contributed by atoms with E-state index in [1.165, 1.54) is 6.07 Å². The van der Waals surface area contributed by atoms with Crippen LogP contribution >= 0.6 is 24.8 Å². The summed E-state index contributed by atoms with van der Waals surface area (Å²) in [4.78, 5) is 12.0. The van der Waals surface area contributed by atoms with Crippen LogP contribution in [-0.4, -0.2) is 47.5 Å². The SMILES string of the molecule is COCCNCC(=O)Nc1ccc(F)c(-c2nnc3n2CCCCC3)c1.Cl.Cl. The van der Waals surface area contributed by atoms with Crippen LogP contribution in [-0.2, 0) is 22.5 Å². The molecule has 0 spiro atoms. The number of halogens is 3. The van der Waals surface area contributed by atoms with Gasteiger partial charge in [0.1, 0.15) is 11.6 Å². The summed E-state index contributed by atoms with van der Waals surface area (Å²) in [5.74, 6) is 0.849.